The van der Waals surface area contributed by atoms with Crippen LogP contribution in [-0.2, 0) is 10.1 Å². The van der Waals surface area contributed by atoms with Crippen LogP contribution >= 0.6 is 0 Å². The predicted octanol–water partition coefficient (Wildman–Crippen LogP) is 3.21. The third kappa shape index (κ3) is 3.12. The average molecular weight is 280 g/mol. The molecule has 2 aromatic carbocycles. The van der Waals surface area contributed by atoms with Crippen molar-refractivity contribution in [3.8, 4) is 5.75 Å². The first-order chi connectivity index (χ1) is 8.88. The van der Waals surface area contributed by atoms with E-state index in [0.29, 0.717) is 0 Å². The molecule has 0 heterocycles. The average Bonchev–Trinajstić information content (AvgIpc) is 2.35. The highest BCUT2D eigenvalue weighted by Gasteiger charge is 2.17. The summed E-state index contributed by atoms with van der Waals surface area (Å²) in [5.41, 5.74) is 1.87. The molecular weight excluding hydrogens is 267 g/mol. The van der Waals surface area contributed by atoms with Crippen molar-refractivity contribution in [2.45, 2.75) is 18.7 Å². The zero-order chi connectivity index (χ0) is 14.0. The van der Waals surface area contributed by atoms with Gasteiger partial charge in [-0.1, -0.05) is 6.07 Å². The van der Waals surface area contributed by atoms with Gasteiger partial charge >= 0.3 is 10.1 Å². The molecule has 0 bridgehead atoms. The number of hydrogen-bond donors (Lipinski definition) is 0. The van der Waals surface area contributed by atoms with Gasteiger partial charge in [-0.15, -0.1) is 0 Å². The molecule has 19 heavy (non-hydrogen) atoms. The van der Waals surface area contributed by atoms with Crippen LogP contribution in [0.2, 0.25) is 0 Å². The minimum atomic E-state index is -3.89. The van der Waals surface area contributed by atoms with Crippen LogP contribution < -0.4 is 4.18 Å². The van der Waals surface area contributed by atoms with Gasteiger partial charge in [-0.3, -0.25) is 0 Å². The van der Waals surface area contributed by atoms with Gasteiger partial charge in [0.2, 0.25) is 0 Å². The molecule has 0 saturated carbocycles. The molecule has 5 heteroatoms. The van der Waals surface area contributed by atoms with E-state index in [0.717, 1.165) is 23.3 Å². The first-order valence-electron chi connectivity index (χ1n) is 5.66. The molecule has 0 aliphatic heterocycles. The van der Waals surface area contributed by atoms with Crippen molar-refractivity contribution < 1.29 is 17.0 Å². The summed E-state index contributed by atoms with van der Waals surface area (Å²) in [5, 5.41) is 0. The number of rotatable bonds is 3. The lowest BCUT2D eigenvalue weighted by atomic mass is 10.1. The van der Waals surface area contributed by atoms with Crippen molar-refractivity contribution in [3.63, 3.8) is 0 Å². The molecule has 3 nitrogen and oxygen atoms in total. The Morgan fingerprint density at radius 2 is 1.58 bits per heavy atom. The Morgan fingerprint density at radius 1 is 0.947 bits per heavy atom. The van der Waals surface area contributed by atoms with Gasteiger partial charge in [0.25, 0.3) is 0 Å². The molecule has 2 aromatic rings. The Bertz CT molecular complexity index is 691. The third-order valence-corrected chi connectivity index (χ3v) is 4.03. The lowest BCUT2D eigenvalue weighted by molar-refractivity contribution is 0.485. The Balaban J connectivity index is 2.32. The van der Waals surface area contributed by atoms with Crippen LogP contribution in [0.3, 0.4) is 0 Å². The van der Waals surface area contributed by atoms with E-state index in [2.05, 4.69) is 0 Å². The summed E-state index contributed by atoms with van der Waals surface area (Å²) < 4.78 is 41.7. The van der Waals surface area contributed by atoms with Crippen molar-refractivity contribution in [1.29, 1.82) is 0 Å². The van der Waals surface area contributed by atoms with E-state index in [1.807, 2.05) is 13.8 Å². The van der Waals surface area contributed by atoms with E-state index >= 15 is 0 Å². The number of halogens is 1. The van der Waals surface area contributed by atoms with Crippen molar-refractivity contribution in [3.05, 3.63) is 59.4 Å². The van der Waals surface area contributed by atoms with Crippen molar-refractivity contribution in [2.75, 3.05) is 0 Å². The summed E-state index contributed by atoms with van der Waals surface area (Å²) in [4.78, 5) is 0.0833. The maximum absolute atomic E-state index is 12.7. The molecule has 0 aliphatic rings. The van der Waals surface area contributed by atoms with Crippen LogP contribution in [-0.4, -0.2) is 8.42 Å². The second-order valence-electron chi connectivity index (χ2n) is 4.24. The first kappa shape index (κ1) is 13.5. The topological polar surface area (TPSA) is 43.4 Å². The van der Waals surface area contributed by atoms with E-state index in [4.69, 9.17) is 4.18 Å². The van der Waals surface area contributed by atoms with Gasteiger partial charge in [-0.2, -0.15) is 8.42 Å². The predicted molar refractivity (Wildman–Crippen MR) is 70.1 cm³/mol. The van der Waals surface area contributed by atoms with Crippen LogP contribution in [0.25, 0.3) is 0 Å². The monoisotopic (exact) mass is 280 g/mol. The highest BCUT2D eigenvalue weighted by Crippen LogP contribution is 2.20. The maximum atomic E-state index is 12.7. The summed E-state index contributed by atoms with van der Waals surface area (Å²) in [5.74, 6) is -0.365. The van der Waals surface area contributed by atoms with Crippen LogP contribution in [0.15, 0.2) is 47.4 Å². The summed E-state index contributed by atoms with van der Waals surface area (Å²) in [6.45, 7) is 3.72. The van der Waals surface area contributed by atoms with E-state index in [9.17, 15) is 12.8 Å². The molecule has 0 spiro atoms. The van der Waals surface area contributed by atoms with Gasteiger partial charge in [0.1, 0.15) is 16.5 Å². The van der Waals surface area contributed by atoms with Gasteiger partial charge in [-0.05, 0) is 61.4 Å². The molecule has 0 N–H and O–H groups in total. The maximum Gasteiger partial charge on any atom is 0.339 e. The van der Waals surface area contributed by atoms with E-state index in [1.54, 1.807) is 12.1 Å². The van der Waals surface area contributed by atoms with E-state index < -0.39 is 15.9 Å². The normalized spacial score (nSPS) is 11.3. The summed E-state index contributed by atoms with van der Waals surface area (Å²) in [7, 11) is -3.89. The standard InChI is InChI=1S/C14H13FO3S/c1-10-3-8-14(9-11(10)2)19(16,17)18-13-6-4-12(15)5-7-13/h3-9H,1-2H3. The zero-order valence-electron chi connectivity index (χ0n) is 10.6. The van der Waals surface area contributed by atoms with Gasteiger partial charge in [0.05, 0.1) is 0 Å². The van der Waals surface area contributed by atoms with Crippen LogP contribution in [0, 0.1) is 19.7 Å². The lowest BCUT2D eigenvalue weighted by Gasteiger charge is -2.08. The SMILES string of the molecule is Cc1ccc(S(=O)(=O)Oc2ccc(F)cc2)cc1C. The van der Waals surface area contributed by atoms with Crippen molar-refractivity contribution in [2.24, 2.45) is 0 Å². The number of benzene rings is 2. The van der Waals surface area contributed by atoms with Crippen molar-refractivity contribution >= 4 is 10.1 Å². The van der Waals surface area contributed by atoms with Crippen LogP contribution in [0.4, 0.5) is 4.39 Å². The molecule has 100 valence electrons. The van der Waals surface area contributed by atoms with Gasteiger partial charge in [0, 0.05) is 0 Å². The Hall–Kier alpha value is -1.88. The largest absolute Gasteiger partial charge is 0.379 e. The summed E-state index contributed by atoms with van der Waals surface area (Å²) in [6.07, 6.45) is 0. The van der Waals surface area contributed by atoms with Crippen LogP contribution in [0.5, 0.6) is 5.75 Å². The first-order valence-corrected chi connectivity index (χ1v) is 7.06. The van der Waals surface area contributed by atoms with Gasteiger partial charge in [-0.25, -0.2) is 4.39 Å². The fraction of sp³-hybridized carbons (Fsp3) is 0.143. The molecule has 0 atom stereocenters. The molecule has 0 fully saturated rings. The molecule has 0 radical (unpaired) electrons. The van der Waals surface area contributed by atoms with E-state index in [-0.39, 0.29) is 10.6 Å². The highest BCUT2D eigenvalue weighted by molar-refractivity contribution is 7.87. The highest BCUT2D eigenvalue weighted by atomic mass is 32.2. The fourth-order valence-corrected chi connectivity index (χ4v) is 2.55. The van der Waals surface area contributed by atoms with E-state index in [1.165, 1.54) is 18.2 Å². The lowest BCUT2D eigenvalue weighted by Crippen LogP contribution is -2.10. The Morgan fingerprint density at radius 3 is 2.16 bits per heavy atom. The minimum absolute atomic E-state index is 0.0830. The molecule has 0 unspecified atom stereocenters. The minimum Gasteiger partial charge on any atom is -0.379 e. The second-order valence-corrected chi connectivity index (χ2v) is 5.78. The number of aryl methyl sites for hydroxylation is 2. The smallest absolute Gasteiger partial charge is 0.339 e. The number of hydrogen-bond acceptors (Lipinski definition) is 3. The second kappa shape index (κ2) is 5.01. The van der Waals surface area contributed by atoms with Crippen molar-refractivity contribution in [1.82, 2.24) is 0 Å². The zero-order valence-corrected chi connectivity index (χ0v) is 11.4. The molecule has 2 rings (SSSR count). The molecule has 0 aliphatic carbocycles. The van der Waals surface area contributed by atoms with Crippen LogP contribution in [0.1, 0.15) is 11.1 Å². The third-order valence-electron chi connectivity index (χ3n) is 2.79. The quantitative estimate of drug-likeness (QED) is 0.811. The molecule has 0 aromatic heterocycles. The molecule has 0 amide bonds. The Kier molecular flexibility index (Phi) is 3.57. The Labute approximate surface area is 111 Å². The van der Waals surface area contributed by atoms with Gasteiger partial charge in [0.15, 0.2) is 0 Å². The fourth-order valence-electron chi connectivity index (χ4n) is 1.53. The summed E-state index contributed by atoms with van der Waals surface area (Å²) >= 11 is 0. The summed E-state index contributed by atoms with van der Waals surface area (Å²) in [6, 6.07) is 9.59. The molecular formula is C14H13FO3S. The van der Waals surface area contributed by atoms with Gasteiger partial charge < -0.3 is 4.18 Å². The molecule has 0 saturated heterocycles.